The minimum absolute atomic E-state index is 0.192. The molecule has 0 radical (unpaired) electrons. The zero-order valence-electron chi connectivity index (χ0n) is 18.8. The van der Waals surface area contributed by atoms with Crippen molar-refractivity contribution in [3.05, 3.63) is 29.8 Å². The average Bonchev–Trinajstić information content (AvgIpc) is 3.28. The summed E-state index contributed by atoms with van der Waals surface area (Å²) >= 11 is 0. The van der Waals surface area contributed by atoms with Gasteiger partial charge in [-0.3, -0.25) is 14.5 Å². The quantitative estimate of drug-likeness (QED) is 0.676. The van der Waals surface area contributed by atoms with Crippen molar-refractivity contribution < 1.29 is 9.90 Å². The van der Waals surface area contributed by atoms with E-state index in [-0.39, 0.29) is 12.1 Å². The van der Waals surface area contributed by atoms with E-state index < -0.39 is 5.91 Å². The van der Waals surface area contributed by atoms with Gasteiger partial charge >= 0.3 is 0 Å². The van der Waals surface area contributed by atoms with Crippen LogP contribution in [-0.4, -0.2) is 87.6 Å². The third-order valence-corrected chi connectivity index (χ3v) is 7.29. The second-order valence-corrected chi connectivity index (χ2v) is 9.53. The van der Waals surface area contributed by atoms with Gasteiger partial charge in [-0.05, 0) is 32.9 Å². The van der Waals surface area contributed by atoms with Crippen molar-refractivity contribution in [3.63, 3.8) is 0 Å². The Balaban J connectivity index is 1.49. The number of hydrogen-bond donors (Lipinski definition) is 2. The highest BCUT2D eigenvalue weighted by Gasteiger charge is 2.41. The molecule has 2 bridgehead atoms. The molecular weight excluding hydrogens is 408 g/mol. The number of anilines is 2. The largest absolute Gasteiger partial charge is 0.392 e. The van der Waals surface area contributed by atoms with Crippen LogP contribution < -0.4 is 15.5 Å². The molecule has 172 valence electrons. The standard InChI is InChI=1S/C22H32N8O2/c1-14-10-27(2)7-8-29(14)22-17(13-30-18(21(23)32)5-6-25-30)24-9-19(26-22)28-11-15-3-4-16(12-28)20(15)31/h5-6,9,14-16,20,31H,3-4,7-8,10-13H2,1-2H3,(H2,23,32)/t14-,15?,16?,20?/m1/s1. The lowest BCUT2D eigenvalue weighted by Gasteiger charge is -2.40. The Kier molecular flexibility index (Phi) is 5.50. The van der Waals surface area contributed by atoms with E-state index in [0.29, 0.717) is 24.1 Å². The Morgan fingerprint density at radius 2 is 1.97 bits per heavy atom. The number of aliphatic hydroxyl groups excluding tert-OH is 1. The van der Waals surface area contributed by atoms with Crippen LogP contribution in [0.25, 0.3) is 0 Å². The molecule has 3 aliphatic rings. The van der Waals surface area contributed by atoms with E-state index >= 15 is 0 Å². The van der Waals surface area contributed by atoms with Crippen LogP contribution in [0.1, 0.15) is 35.9 Å². The molecule has 2 aromatic rings. The maximum atomic E-state index is 11.8. The van der Waals surface area contributed by atoms with E-state index in [9.17, 15) is 9.90 Å². The topological polar surface area (TPSA) is 117 Å². The van der Waals surface area contributed by atoms with Crippen molar-refractivity contribution in [1.29, 1.82) is 0 Å². The van der Waals surface area contributed by atoms with E-state index in [1.54, 1.807) is 16.9 Å². The number of aromatic nitrogens is 4. The van der Waals surface area contributed by atoms with Gasteiger partial charge in [0.05, 0.1) is 18.8 Å². The SMILES string of the molecule is C[C@@H]1CN(C)CCN1c1nc(N2CC3CCC(C2)C3O)cnc1Cn1nccc1C(N)=O. The number of nitrogens with zero attached hydrogens (tertiary/aromatic N) is 7. The summed E-state index contributed by atoms with van der Waals surface area (Å²) in [6.45, 7) is 6.91. The van der Waals surface area contributed by atoms with Gasteiger partial charge in [0.2, 0.25) is 0 Å². The molecule has 2 aromatic heterocycles. The predicted molar refractivity (Wildman–Crippen MR) is 121 cm³/mol. The molecule has 3 N–H and O–H groups in total. The number of aliphatic hydroxyl groups is 1. The van der Waals surface area contributed by atoms with Crippen molar-refractivity contribution in [2.24, 2.45) is 17.6 Å². The number of primary amides is 1. The summed E-state index contributed by atoms with van der Waals surface area (Å²) in [6, 6.07) is 1.90. The molecule has 32 heavy (non-hydrogen) atoms. The van der Waals surface area contributed by atoms with Crippen LogP contribution in [0.3, 0.4) is 0 Å². The highest BCUT2D eigenvalue weighted by atomic mass is 16.3. The highest BCUT2D eigenvalue weighted by Crippen LogP contribution is 2.38. The third kappa shape index (κ3) is 3.81. The van der Waals surface area contributed by atoms with Crippen LogP contribution in [0, 0.1) is 11.8 Å². The molecular formula is C22H32N8O2. The second kappa shape index (κ2) is 8.32. The Morgan fingerprint density at radius 1 is 1.22 bits per heavy atom. The van der Waals surface area contributed by atoms with Gasteiger partial charge in [0.15, 0.2) is 5.82 Å². The molecule has 2 saturated heterocycles. The summed E-state index contributed by atoms with van der Waals surface area (Å²) in [5, 5.41) is 14.7. The van der Waals surface area contributed by atoms with Crippen molar-refractivity contribution in [2.45, 2.75) is 38.5 Å². The van der Waals surface area contributed by atoms with Gasteiger partial charge in [-0.1, -0.05) is 0 Å². The lowest BCUT2D eigenvalue weighted by Crippen LogP contribution is -2.51. The molecule has 3 fully saturated rings. The van der Waals surface area contributed by atoms with Gasteiger partial charge in [0.1, 0.15) is 17.2 Å². The number of carbonyl (C=O) groups excluding carboxylic acids is 1. The highest BCUT2D eigenvalue weighted by molar-refractivity contribution is 5.90. The van der Waals surface area contributed by atoms with Crippen molar-refractivity contribution in [3.8, 4) is 0 Å². The van der Waals surface area contributed by atoms with Crippen LogP contribution in [0.2, 0.25) is 0 Å². The van der Waals surface area contributed by atoms with Crippen LogP contribution >= 0.6 is 0 Å². The van der Waals surface area contributed by atoms with Gasteiger partial charge in [0, 0.05) is 56.8 Å². The fourth-order valence-corrected chi connectivity index (χ4v) is 5.53. The predicted octanol–water partition coefficient (Wildman–Crippen LogP) is 0.168. The van der Waals surface area contributed by atoms with Crippen molar-refractivity contribution in [1.82, 2.24) is 24.6 Å². The molecule has 2 unspecified atom stereocenters. The summed E-state index contributed by atoms with van der Waals surface area (Å²) in [7, 11) is 2.13. The Labute approximate surface area is 188 Å². The van der Waals surface area contributed by atoms with E-state index in [1.165, 1.54) is 0 Å². The van der Waals surface area contributed by atoms with Crippen LogP contribution in [0.5, 0.6) is 0 Å². The molecule has 3 atom stereocenters. The maximum absolute atomic E-state index is 11.8. The van der Waals surface area contributed by atoms with E-state index in [1.807, 2.05) is 6.20 Å². The lowest BCUT2D eigenvalue weighted by molar-refractivity contribution is 0.0790. The van der Waals surface area contributed by atoms with Gasteiger partial charge in [0.25, 0.3) is 5.91 Å². The number of fused-ring (bicyclic) bond motifs is 2. The number of carbonyl (C=O) groups is 1. The number of likely N-dealkylation sites (N-methyl/N-ethyl adjacent to an activating group) is 1. The van der Waals surface area contributed by atoms with Crippen LogP contribution in [0.4, 0.5) is 11.6 Å². The normalized spacial score (nSPS) is 28.3. The number of rotatable bonds is 5. The number of piperidine rings is 1. The summed E-state index contributed by atoms with van der Waals surface area (Å²) in [6.07, 6.45) is 5.36. The molecule has 4 heterocycles. The van der Waals surface area contributed by atoms with E-state index in [2.05, 4.69) is 33.8 Å². The lowest BCUT2D eigenvalue weighted by atomic mass is 9.95. The van der Waals surface area contributed by atoms with Crippen molar-refractivity contribution in [2.75, 3.05) is 49.6 Å². The molecule has 1 amide bonds. The molecule has 5 rings (SSSR count). The number of hydrogen-bond acceptors (Lipinski definition) is 8. The average molecular weight is 441 g/mol. The molecule has 2 aliphatic heterocycles. The Morgan fingerprint density at radius 3 is 2.66 bits per heavy atom. The molecule has 1 aliphatic carbocycles. The monoisotopic (exact) mass is 440 g/mol. The minimum atomic E-state index is -0.510. The molecule has 0 aromatic carbocycles. The maximum Gasteiger partial charge on any atom is 0.266 e. The summed E-state index contributed by atoms with van der Waals surface area (Å²) in [4.78, 5) is 28.6. The number of piperazine rings is 1. The first kappa shape index (κ1) is 21.1. The first-order chi connectivity index (χ1) is 15.4. The molecule has 10 heteroatoms. The molecule has 0 spiro atoms. The van der Waals surface area contributed by atoms with Gasteiger partial charge in [-0.25, -0.2) is 4.98 Å². The molecule has 1 saturated carbocycles. The van der Waals surface area contributed by atoms with Crippen molar-refractivity contribution >= 4 is 17.5 Å². The summed E-state index contributed by atoms with van der Waals surface area (Å²) in [5.74, 6) is 1.80. The van der Waals surface area contributed by atoms with Gasteiger partial charge in [-0.15, -0.1) is 0 Å². The number of nitrogens with two attached hydrogens (primary N) is 1. The third-order valence-electron chi connectivity index (χ3n) is 7.29. The van der Waals surface area contributed by atoms with Crippen LogP contribution in [0.15, 0.2) is 18.5 Å². The first-order valence-electron chi connectivity index (χ1n) is 11.5. The molecule has 10 nitrogen and oxygen atoms in total. The fourth-order valence-electron chi connectivity index (χ4n) is 5.53. The van der Waals surface area contributed by atoms with E-state index in [0.717, 1.165) is 62.9 Å². The minimum Gasteiger partial charge on any atom is -0.392 e. The smallest absolute Gasteiger partial charge is 0.266 e. The zero-order valence-corrected chi connectivity index (χ0v) is 18.8. The van der Waals surface area contributed by atoms with Gasteiger partial charge < -0.3 is 25.5 Å². The van der Waals surface area contributed by atoms with Crippen LogP contribution in [-0.2, 0) is 6.54 Å². The number of amides is 1. The summed E-state index contributed by atoms with van der Waals surface area (Å²) < 4.78 is 1.59. The van der Waals surface area contributed by atoms with Gasteiger partial charge in [-0.2, -0.15) is 5.10 Å². The zero-order chi connectivity index (χ0) is 22.4. The Hall–Kier alpha value is -2.72. The summed E-state index contributed by atoms with van der Waals surface area (Å²) in [5.41, 5.74) is 6.65. The Bertz CT molecular complexity index is 980. The van der Waals surface area contributed by atoms with E-state index in [4.69, 9.17) is 15.7 Å². The fraction of sp³-hybridized carbons (Fsp3) is 0.636. The second-order valence-electron chi connectivity index (χ2n) is 9.53. The first-order valence-corrected chi connectivity index (χ1v) is 11.5.